The molecule has 1 aliphatic rings. The lowest BCUT2D eigenvalue weighted by atomic mass is 10.2. The number of rotatable bonds is 3. The standard InChI is InChI=1S/C15H13F3N4O4/c16-15(17,18)12-5-6-22(21-12)7-13(23)19-20-14(24)11-8-25-9-3-1-2-4-10(9)26-11/h1-6,11H,7-8H2,(H,19,23)(H,20,24). The van der Waals surface area contributed by atoms with Crippen molar-refractivity contribution in [3.05, 3.63) is 42.2 Å². The zero-order chi connectivity index (χ0) is 18.7. The fourth-order valence-electron chi connectivity index (χ4n) is 2.15. The number of nitrogens with one attached hydrogen (secondary N) is 2. The van der Waals surface area contributed by atoms with Gasteiger partial charge < -0.3 is 9.47 Å². The number of nitrogens with zero attached hydrogens (tertiary/aromatic N) is 2. The molecule has 1 aromatic heterocycles. The zero-order valence-corrected chi connectivity index (χ0v) is 13.1. The molecule has 1 atom stereocenters. The molecule has 2 aromatic rings. The number of hydrogen-bond acceptors (Lipinski definition) is 5. The monoisotopic (exact) mass is 370 g/mol. The molecule has 0 radical (unpaired) electrons. The van der Waals surface area contributed by atoms with Crippen molar-refractivity contribution in [1.29, 1.82) is 0 Å². The maximum Gasteiger partial charge on any atom is 0.435 e. The largest absolute Gasteiger partial charge is 0.485 e. The van der Waals surface area contributed by atoms with Gasteiger partial charge >= 0.3 is 6.18 Å². The SMILES string of the molecule is O=C(Cn1ccc(C(F)(F)F)n1)NNC(=O)C1COc2ccccc2O1. The molecule has 26 heavy (non-hydrogen) atoms. The second-order valence-electron chi connectivity index (χ2n) is 5.30. The quantitative estimate of drug-likeness (QED) is 0.783. The van der Waals surface area contributed by atoms with Crippen molar-refractivity contribution in [3.8, 4) is 11.5 Å². The summed E-state index contributed by atoms with van der Waals surface area (Å²) in [6.07, 6.45) is -4.56. The van der Waals surface area contributed by atoms with Crippen LogP contribution in [0.5, 0.6) is 11.5 Å². The lowest BCUT2D eigenvalue weighted by Gasteiger charge is -2.25. The summed E-state index contributed by atoms with van der Waals surface area (Å²) in [6, 6.07) is 7.52. The van der Waals surface area contributed by atoms with Gasteiger partial charge in [0.15, 0.2) is 17.2 Å². The molecule has 1 unspecified atom stereocenters. The lowest BCUT2D eigenvalue weighted by molar-refractivity contribution is -0.141. The Morgan fingerprint density at radius 2 is 1.92 bits per heavy atom. The van der Waals surface area contributed by atoms with Crippen LogP contribution in [0.2, 0.25) is 0 Å². The lowest BCUT2D eigenvalue weighted by Crippen LogP contribution is -2.51. The maximum atomic E-state index is 12.4. The number of alkyl halides is 3. The van der Waals surface area contributed by atoms with Gasteiger partial charge in [-0.3, -0.25) is 25.1 Å². The van der Waals surface area contributed by atoms with Gasteiger partial charge in [0.2, 0.25) is 6.10 Å². The summed E-state index contributed by atoms with van der Waals surface area (Å²) in [5, 5.41) is 3.24. The predicted molar refractivity (Wildman–Crippen MR) is 79.9 cm³/mol. The van der Waals surface area contributed by atoms with E-state index >= 15 is 0 Å². The van der Waals surface area contributed by atoms with Crippen LogP contribution in [0.1, 0.15) is 5.69 Å². The molecule has 1 aromatic carbocycles. The molecule has 0 bridgehead atoms. The zero-order valence-electron chi connectivity index (χ0n) is 13.1. The predicted octanol–water partition coefficient (Wildman–Crippen LogP) is 0.889. The van der Waals surface area contributed by atoms with Crippen LogP contribution in [0.25, 0.3) is 0 Å². The number of carbonyl (C=O) groups excluding carboxylic acids is 2. The van der Waals surface area contributed by atoms with Gasteiger partial charge in [0.1, 0.15) is 13.2 Å². The van der Waals surface area contributed by atoms with Crippen molar-refractivity contribution in [3.63, 3.8) is 0 Å². The molecule has 0 aliphatic carbocycles. The normalized spacial score (nSPS) is 16.0. The van der Waals surface area contributed by atoms with Crippen LogP contribution < -0.4 is 20.3 Å². The molecule has 8 nitrogen and oxygen atoms in total. The van der Waals surface area contributed by atoms with Crippen molar-refractivity contribution in [2.45, 2.75) is 18.8 Å². The van der Waals surface area contributed by atoms with E-state index in [-0.39, 0.29) is 6.61 Å². The fraction of sp³-hybridized carbons (Fsp3) is 0.267. The molecule has 0 fully saturated rings. The molecular formula is C15H13F3N4O4. The molecule has 2 amide bonds. The summed E-state index contributed by atoms with van der Waals surface area (Å²) in [5.74, 6) is -0.530. The van der Waals surface area contributed by atoms with Gasteiger partial charge in [-0.2, -0.15) is 18.3 Å². The molecular weight excluding hydrogens is 357 g/mol. The first-order valence-electron chi connectivity index (χ1n) is 7.41. The number of aromatic nitrogens is 2. The first kappa shape index (κ1) is 17.6. The van der Waals surface area contributed by atoms with Crippen LogP contribution >= 0.6 is 0 Å². The highest BCUT2D eigenvalue weighted by Gasteiger charge is 2.33. The highest BCUT2D eigenvalue weighted by Crippen LogP contribution is 2.30. The van der Waals surface area contributed by atoms with Crippen LogP contribution in [0, 0.1) is 0 Å². The highest BCUT2D eigenvalue weighted by atomic mass is 19.4. The third-order valence-electron chi connectivity index (χ3n) is 3.36. The van der Waals surface area contributed by atoms with Crippen LogP contribution in [0.4, 0.5) is 13.2 Å². The summed E-state index contributed by atoms with van der Waals surface area (Å²) in [7, 11) is 0. The molecule has 3 rings (SSSR count). The van der Waals surface area contributed by atoms with Crippen molar-refractivity contribution in [1.82, 2.24) is 20.6 Å². The number of fused-ring (bicyclic) bond motifs is 1. The number of carbonyl (C=O) groups is 2. The Balaban J connectivity index is 1.49. The van der Waals surface area contributed by atoms with E-state index in [4.69, 9.17) is 9.47 Å². The number of benzene rings is 1. The van der Waals surface area contributed by atoms with Gasteiger partial charge in [-0.25, -0.2) is 0 Å². The van der Waals surface area contributed by atoms with E-state index in [1.165, 1.54) is 0 Å². The van der Waals surface area contributed by atoms with E-state index in [2.05, 4.69) is 16.0 Å². The molecule has 0 spiro atoms. The summed E-state index contributed by atoms with van der Waals surface area (Å²) in [6.45, 7) is -0.548. The van der Waals surface area contributed by atoms with E-state index in [1.807, 2.05) is 0 Å². The summed E-state index contributed by atoms with van der Waals surface area (Å²) >= 11 is 0. The average molecular weight is 370 g/mol. The molecule has 1 aliphatic heterocycles. The molecule has 11 heteroatoms. The summed E-state index contributed by atoms with van der Waals surface area (Å²) in [5.41, 5.74) is 3.11. The first-order chi connectivity index (χ1) is 12.3. The smallest absolute Gasteiger partial charge is 0.435 e. The van der Waals surface area contributed by atoms with Gasteiger partial charge in [0.25, 0.3) is 11.8 Å². The van der Waals surface area contributed by atoms with Gasteiger partial charge in [0.05, 0.1) is 0 Å². The summed E-state index contributed by atoms with van der Waals surface area (Å²) < 4.78 is 49.0. The topological polar surface area (TPSA) is 94.5 Å². The maximum absolute atomic E-state index is 12.4. The van der Waals surface area contributed by atoms with Gasteiger partial charge in [0, 0.05) is 6.20 Å². The van der Waals surface area contributed by atoms with Crippen molar-refractivity contribution >= 4 is 11.8 Å². The number of para-hydroxylation sites is 2. The Labute approximate surface area is 144 Å². The fourth-order valence-corrected chi connectivity index (χ4v) is 2.15. The molecule has 2 N–H and O–H groups in total. The van der Waals surface area contributed by atoms with Crippen LogP contribution in [0.3, 0.4) is 0 Å². The molecule has 2 heterocycles. The van der Waals surface area contributed by atoms with E-state index in [1.54, 1.807) is 24.3 Å². The second kappa shape index (κ2) is 6.94. The third-order valence-corrected chi connectivity index (χ3v) is 3.36. The Hall–Kier alpha value is -3.24. The minimum absolute atomic E-state index is 0.0488. The highest BCUT2D eigenvalue weighted by molar-refractivity contribution is 5.85. The van der Waals surface area contributed by atoms with E-state index in [0.29, 0.717) is 11.5 Å². The second-order valence-corrected chi connectivity index (χ2v) is 5.30. The molecule has 0 saturated heterocycles. The Morgan fingerprint density at radius 1 is 1.19 bits per heavy atom. The Kier molecular flexibility index (Phi) is 4.69. The van der Waals surface area contributed by atoms with Crippen LogP contribution in [-0.2, 0) is 22.3 Å². The Bertz CT molecular complexity index is 821. The number of hydrazine groups is 1. The van der Waals surface area contributed by atoms with Crippen molar-refractivity contribution < 1.29 is 32.2 Å². The van der Waals surface area contributed by atoms with E-state index in [0.717, 1.165) is 16.9 Å². The van der Waals surface area contributed by atoms with Gasteiger partial charge in [-0.05, 0) is 18.2 Å². The number of hydrogen-bond donors (Lipinski definition) is 2. The number of amides is 2. The van der Waals surface area contributed by atoms with E-state index < -0.39 is 36.3 Å². The Morgan fingerprint density at radius 3 is 2.62 bits per heavy atom. The van der Waals surface area contributed by atoms with Crippen LogP contribution in [-0.4, -0.2) is 34.3 Å². The molecule has 138 valence electrons. The van der Waals surface area contributed by atoms with Crippen molar-refractivity contribution in [2.24, 2.45) is 0 Å². The van der Waals surface area contributed by atoms with E-state index in [9.17, 15) is 22.8 Å². The summed E-state index contributed by atoms with van der Waals surface area (Å²) in [4.78, 5) is 23.7. The first-order valence-corrected chi connectivity index (χ1v) is 7.41. The van der Waals surface area contributed by atoms with Crippen molar-refractivity contribution in [2.75, 3.05) is 6.61 Å². The number of halogens is 3. The molecule has 0 saturated carbocycles. The van der Waals surface area contributed by atoms with Gasteiger partial charge in [-0.15, -0.1) is 0 Å². The van der Waals surface area contributed by atoms with Gasteiger partial charge in [-0.1, -0.05) is 12.1 Å². The minimum atomic E-state index is -4.59. The average Bonchev–Trinajstić information content (AvgIpc) is 3.08. The minimum Gasteiger partial charge on any atom is -0.485 e. The van der Waals surface area contributed by atoms with Crippen LogP contribution in [0.15, 0.2) is 36.5 Å². The third kappa shape index (κ3) is 4.05. The number of ether oxygens (including phenoxy) is 2.